The van der Waals surface area contributed by atoms with Gasteiger partial charge in [-0.3, -0.25) is 0 Å². The maximum Gasteiger partial charge on any atom is 0.337 e. The van der Waals surface area contributed by atoms with E-state index in [0.29, 0.717) is 16.5 Å². The van der Waals surface area contributed by atoms with Crippen LogP contribution in [0.2, 0.25) is 5.02 Å². The molecule has 5 heteroatoms. The Balaban J connectivity index is 2.14. The minimum atomic E-state index is -0.911. The van der Waals surface area contributed by atoms with Crippen molar-refractivity contribution < 1.29 is 14.6 Å². The number of aromatic carboxylic acids is 1. The largest absolute Gasteiger partial charge is 0.478 e. The highest BCUT2D eigenvalue weighted by molar-refractivity contribution is 6.31. The van der Waals surface area contributed by atoms with Crippen molar-refractivity contribution in [1.82, 2.24) is 0 Å². The normalized spacial score (nSPS) is 16.6. The SMILES string of the molecule is COCC1CCN(c2cc(Cl)ccc2C(=O)O)CC1. The van der Waals surface area contributed by atoms with Gasteiger partial charge in [-0.05, 0) is 37.0 Å². The lowest BCUT2D eigenvalue weighted by molar-refractivity contribution is 0.0697. The molecule has 0 unspecified atom stereocenters. The number of benzene rings is 1. The van der Waals surface area contributed by atoms with Crippen LogP contribution in [0.25, 0.3) is 0 Å². The molecule has 0 aliphatic carbocycles. The predicted octanol–water partition coefficient (Wildman–Crippen LogP) is 2.90. The maximum absolute atomic E-state index is 11.3. The summed E-state index contributed by atoms with van der Waals surface area (Å²) in [4.78, 5) is 13.4. The van der Waals surface area contributed by atoms with Gasteiger partial charge in [0.05, 0.1) is 11.3 Å². The molecular weight excluding hydrogens is 266 g/mol. The summed E-state index contributed by atoms with van der Waals surface area (Å²) in [5.41, 5.74) is 1.03. The molecule has 0 amide bonds. The fraction of sp³-hybridized carbons (Fsp3) is 0.500. The number of carboxylic acids is 1. The smallest absolute Gasteiger partial charge is 0.337 e. The van der Waals surface area contributed by atoms with E-state index in [9.17, 15) is 9.90 Å². The Labute approximate surface area is 117 Å². The average molecular weight is 284 g/mol. The number of hydrogen-bond acceptors (Lipinski definition) is 3. The Bertz CT molecular complexity index is 456. The van der Waals surface area contributed by atoms with Gasteiger partial charge < -0.3 is 14.7 Å². The second-order valence-electron chi connectivity index (χ2n) is 4.85. The topological polar surface area (TPSA) is 49.8 Å². The number of carboxylic acid groups (broad SMARTS) is 1. The van der Waals surface area contributed by atoms with Gasteiger partial charge in [0, 0.05) is 31.8 Å². The standard InChI is InChI=1S/C14H18ClNO3/c1-19-9-10-4-6-16(7-5-10)13-8-11(15)2-3-12(13)14(17)18/h2-3,8,10H,4-7,9H2,1H3,(H,17,18). The Hall–Kier alpha value is -1.26. The number of halogens is 1. The molecule has 104 valence electrons. The fourth-order valence-electron chi connectivity index (χ4n) is 2.52. The van der Waals surface area contributed by atoms with Gasteiger partial charge in [-0.15, -0.1) is 0 Å². The van der Waals surface area contributed by atoms with Gasteiger partial charge >= 0.3 is 5.97 Å². The first kappa shape index (κ1) is 14.2. The van der Waals surface area contributed by atoms with Crippen LogP contribution >= 0.6 is 11.6 Å². The summed E-state index contributed by atoms with van der Waals surface area (Å²) >= 11 is 5.98. The van der Waals surface area contributed by atoms with E-state index >= 15 is 0 Å². The number of ether oxygens (including phenoxy) is 1. The van der Waals surface area contributed by atoms with Gasteiger partial charge in [0.2, 0.25) is 0 Å². The van der Waals surface area contributed by atoms with Gasteiger partial charge in [0.25, 0.3) is 0 Å². The molecule has 0 radical (unpaired) electrons. The zero-order chi connectivity index (χ0) is 13.8. The molecule has 0 saturated carbocycles. The van der Waals surface area contributed by atoms with Crippen LogP contribution in [0.1, 0.15) is 23.2 Å². The number of carbonyl (C=O) groups is 1. The Morgan fingerprint density at radius 2 is 2.16 bits per heavy atom. The van der Waals surface area contributed by atoms with E-state index in [4.69, 9.17) is 16.3 Å². The van der Waals surface area contributed by atoms with Gasteiger partial charge in [-0.1, -0.05) is 11.6 Å². The molecule has 1 aromatic rings. The summed E-state index contributed by atoms with van der Waals surface area (Å²) in [6.07, 6.45) is 2.03. The zero-order valence-corrected chi connectivity index (χ0v) is 11.7. The van der Waals surface area contributed by atoms with E-state index in [1.165, 1.54) is 0 Å². The van der Waals surface area contributed by atoms with E-state index in [2.05, 4.69) is 4.90 Å². The molecule has 0 aromatic heterocycles. The monoisotopic (exact) mass is 283 g/mol. The highest BCUT2D eigenvalue weighted by atomic mass is 35.5. The molecule has 0 bridgehead atoms. The first-order valence-corrected chi connectivity index (χ1v) is 6.76. The summed E-state index contributed by atoms with van der Waals surface area (Å²) < 4.78 is 5.17. The first-order chi connectivity index (χ1) is 9.11. The van der Waals surface area contributed by atoms with Gasteiger partial charge in [-0.25, -0.2) is 4.79 Å². The van der Waals surface area contributed by atoms with Gasteiger partial charge in [-0.2, -0.15) is 0 Å². The Morgan fingerprint density at radius 1 is 1.47 bits per heavy atom. The molecule has 2 rings (SSSR count). The number of methoxy groups -OCH3 is 1. The van der Waals surface area contributed by atoms with Crippen molar-refractivity contribution >= 4 is 23.3 Å². The number of piperidine rings is 1. The summed E-state index contributed by atoms with van der Waals surface area (Å²) in [6, 6.07) is 4.93. The zero-order valence-electron chi connectivity index (χ0n) is 10.9. The highest BCUT2D eigenvalue weighted by Crippen LogP contribution is 2.29. The molecule has 1 heterocycles. The van der Waals surface area contributed by atoms with E-state index in [1.54, 1.807) is 25.3 Å². The molecule has 4 nitrogen and oxygen atoms in total. The lowest BCUT2D eigenvalue weighted by Crippen LogP contribution is -2.35. The summed E-state index contributed by atoms with van der Waals surface area (Å²) in [6.45, 7) is 2.46. The van der Waals surface area contributed by atoms with Crippen LogP contribution in [0.5, 0.6) is 0 Å². The van der Waals surface area contributed by atoms with Crippen LogP contribution in [0.4, 0.5) is 5.69 Å². The number of nitrogens with zero attached hydrogens (tertiary/aromatic N) is 1. The summed E-state index contributed by atoms with van der Waals surface area (Å²) in [5.74, 6) is -0.348. The third-order valence-corrected chi connectivity index (χ3v) is 3.78. The van der Waals surface area contributed by atoms with Gasteiger partial charge in [0.1, 0.15) is 0 Å². The van der Waals surface area contributed by atoms with Crippen LogP contribution in [0.3, 0.4) is 0 Å². The average Bonchev–Trinajstić information content (AvgIpc) is 2.39. The highest BCUT2D eigenvalue weighted by Gasteiger charge is 2.22. The van der Waals surface area contributed by atoms with Crippen LogP contribution in [0, 0.1) is 5.92 Å². The van der Waals surface area contributed by atoms with Crippen molar-refractivity contribution in [3.8, 4) is 0 Å². The Morgan fingerprint density at radius 3 is 2.74 bits per heavy atom. The molecule has 19 heavy (non-hydrogen) atoms. The van der Waals surface area contributed by atoms with Crippen molar-refractivity contribution in [3.63, 3.8) is 0 Å². The van der Waals surface area contributed by atoms with Crippen molar-refractivity contribution in [2.75, 3.05) is 31.7 Å². The fourth-order valence-corrected chi connectivity index (χ4v) is 2.69. The van der Waals surface area contributed by atoms with Crippen molar-refractivity contribution in [2.45, 2.75) is 12.8 Å². The molecule has 1 aromatic carbocycles. The predicted molar refractivity (Wildman–Crippen MR) is 75.2 cm³/mol. The molecular formula is C14H18ClNO3. The third kappa shape index (κ3) is 3.39. The molecule has 0 spiro atoms. The van der Waals surface area contributed by atoms with Crippen LogP contribution in [-0.4, -0.2) is 37.9 Å². The number of rotatable bonds is 4. The van der Waals surface area contributed by atoms with Crippen LogP contribution in [0.15, 0.2) is 18.2 Å². The first-order valence-electron chi connectivity index (χ1n) is 6.38. The van der Waals surface area contributed by atoms with Crippen molar-refractivity contribution in [2.24, 2.45) is 5.92 Å². The number of anilines is 1. The molecule has 1 saturated heterocycles. The minimum absolute atomic E-state index is 0.314. The summed E-state index contributed by atoms with van der Waals surface area (Å²) in [5, 5.41) is 9.80. The lowest BCUT2D eigenvalue weighted by atomic mass is 9.97. The number of hydrogen-bond donors (Lipinski definition) is 1. The molecule has 1 aliphatic rings. The maximum atomic E-state index is 11.3. The quantitative estimate of drug-likeness (QED) is 0.923. The van der Waals surface area contributed by atoms with E-state index < -0.39 is 5.97 Å². The molecule has 1 N–H and O–H groups in total. The lowest BCUT2D eigenvalue weighted by Gasteiger charge is -2.34. The van der Waals surface area contributed by atoms with Crippen molar-refractivity contribution in [3.05, 3.63) is 28.8 Å². The van der Waals surface area contributed by atoms with Crippen LogP contribution < -0.4 is 4.90 Å². The van der Waals surface area contributed by atoms with Crippen LogP contribution in [-0.2, 0) is 4.74 Å². The second kappa shape index (κ2) is 6.26. The van der Waals surface area contributed by atoms with Gasteiger partial charge in [0.15, 0.2) is 0 Å². The van der Waals surface area contributed by atoms with E-state index in [-0.39, 0.29) is 0 Å². The second-order valence-corrected chi connectivity index (χ2v) is 5.29. The third-order valence-electron chi connectivity index (χ3n) is 3.55. The minimum Gasteiger partial charge on any atom is -0.478 e. The summed E-state index contributed by atoms with van der Waals surface area (Å²) in [7, 11) is 1.71. The van der Waals surface area contributed by atoms with Crippen molar-refractivity contribution in [1.29, 1.82) is 0 Å². The molecule has 1 aliphatic heterocycles. The van der Waals surface area contributed by atoms with E-state index in [0.717, 1.165) is 38.2 Å². The molecule has 1 fully saturated rings. The molecule has 0 atom stereocenters. The van der Waals surface area contributed by atoms with E-state index in [1.807, 2.05) is 0 Å². The Kier molecular flexibility index (Phi) is 4.66.